The molecule has 29 rings (SSSR count). The minimum absolute atomic E-state index is 0.645. The summed E-state index contributed by atoms with van der Waals surface area (Å²) in [4.78, 5) is 24.1. The Hall–Kier alpha value is -17.0. The zero-order valence-electron chi connectivity index (χ0n) is 69.3. The van der Waals surface area contributed by atoms with Gasteiger partial charge in [0.25, 0.3) is 0 Å². The molecule has 130 heavy (non-hydrogen) atoms. The smallest absolute Gasteiger partial charge is 0.236 e. The second-order valence-electron chi connectivity index (χ2n) is 32.9. The van der Waals surface area contributed by atoms with Gasteiger partial charge < -0.3 is 31.7 Å². The number of fused-ring (bicyclic) bond motifs is 30. The minimum Gasteiger partial charge on any atom is -0.454 e. The standard InChI is InChI=1S/C42H26N2OS.C40H23N3O2.C34H19N3OS/c1-3-13-27(14-4-1)43(29-23-24-32-31-18-9-12-22-38(31)46-39(32)25-29)36-26-34-30-17-8-11-21-37(30)45-42(34)41-40(36)33-19-7-10-20-35(33)44(41)28-15-5-2-6-16-28;1-2-10-24(11-3-1)35-39-36(31-14-6-9-17-34(31)45-39)42-40(41-35)25-18-20-26(21-19-25)43-32-15-7-4-12-27(32)29-22-23-30-28-13-5-8-16-33(28)44-38(30)37(29)43;1-2-10-20(11-3-1)30-29-25-14-6-9-17-28(25)39-33(29)36-34(35-30)37-26-15-7-4-12-21(26)23-18-19-24-22-13-5-8-16-27(22)38-32(24)31(23)37/h1-26H;1-23H;1-19H. The molecule has 0 fully saturated rings. The molecule has 0 saturated heterocycles. The summed E-state index contributed by atoms with van der Waals surface area (Å²) in [6.45, 7) is 0. The largest absolute Gasteiger partial charge is 0.454 e. The van der Waals surface area contributed by atoms with Crippen LogP contribution in [0.25, 0.3) is 245 Å². The van der Waals surface area contributed by atoms with E-state index in [1.54, 1.807) is 11.3 Å². The maximum Gasteiger partial charge on any atom is 0.236 e. The highest BCUT2D eigenvalue weighted by molar-refractivity contribution is 7.26. The number of thiophene rings is 2. The highest BCUT2D eigenvalue weighted by Gasteiger charge is 2.30. The number of hydrogen-bond donors (Lipinski definition) is 0. The Kier molecular flexibility index (Phi) is 16.5. The summed E-state index contributed by atoms with van der Waals surface area (Å²) < 4.78 is 36.8. The molecule has 29 aromatic rings. The molecule has 0 saturated carbocycles. The number of aromatic nitrogens is 7. The topological polar surface area (TPSA) is 122 Å². The number of rotatable bonds is 9. The van der Waals surface area contributed by atoms with Gasteiger partial charge in [0.2, 0.25) is 5.95 Å². The minimum atomic E-state index is 0.645. The molecule has 12 nitrogen and oxygen atoms in total. The SMILES string of the molecule is c1ccc(-c2nc(-c3ccc(-n4c5ccccc5c5ccc6c7ccccc7oc6c54)cc3)nc3c2oc2ccccc23)cc1.c1ccc(-c2nc(-n3c4ccccc4c4ccc5c6ccccc6oc5c43)nc3sc4ccccc4c23)cc1.c1ccc(N(c2ccc3c(c2)sc2ccccc23)c2cc3c4ccccc4oc3c3c2c2ccccc2n3-c2ccccc2)cc1. The third kappa shape index (κ3) is 11.4. The van der Waals surface area contributed by atoms with Gasteiger partial charge in [-0.25, -0.2) is 19.9 Å². The van der Waals surface area contributed by atoms with Gasteiger partial charge in [0.05, 0.1) is 39.0 Å². The Bertz CT molecular complexity index is 9660. The predicted octanol–water partition coefficient (Wildman–Crippen LogP) is 32.7. The Morgan fingerprint density at radius 2 is 0.669 bits per heavy atom. The van der Waals surface area contributed by atoms with Crippen LogP contribution in [-0.4, -0.2) is 33.6 Å². The molecule has 11 aromatic heterocycles. The molecule has 0 bridgehead atoms. The fourth-order valence-corrected chi connectivity index (χ4v) is 22.1. The third-order valence-corrected chi connectivity index (χ3v) is 27.8. The molecule has 0 aliphatic rings. The second kappa shape index (κ2) is 29.3. The molecule has 14 heteroatoms. The van der Waals surface area contributed by atoms with Crippen molar-refractivity contribution < 1.29 is 17.7 Å². The Morgan fingerprint density at radius 3 is 1.29 bits per heavy atom. The molecule has 0 spiro atoms. The molecule has 608 valence electrons. The van der Waals surface area contributed by atoms with Gasteiger partial charge in [-0.15, -0.1) is 22.7 Å². The van der Waals surface area contributed by atoms with Gasteiger partial charge in [-0.3, -0.25) is 4.57 Å². The van der Waals surface area contributed by atoms with Gasteiger partial charge in [0.15, 0.2) is 28.2 Å². The normalized spacial score (nSPS) is 12.0. The lowest BCUT2D eigenvalue weighted by Gasteiger charge is -2.27. The first-order valence-corrected chi connectivity index (χ1v) is 45.1. The average Bonchev–Trinajstić information content (AvgIpc) is 1.54. The molecule has 0 radical (unpaired) electrons. The van der Waals surface area contributed by atoms with Crippen LogP contribution in [-0.2, 0) is 0 Å². The average molecular weight is 1700 g/mol. The molecule has 0 N–H and O–H groups in total. The van der Waals surface area contributed by atoms with Crippen LogP contribution in [0.3, 0.4) is 0 Å². The van der Waals surface area contributed by atoms with Crippen molar-refractivity contribution in [2.24, 2.45) is 0 Å². The van der Waals surface area contributed by atoms with Crippen molar-refractivity contribution in [2.45, 2.75) is 0 Å². The van der Waals surface area contributed by atoms with E-state index in [0.29, 0.717) is 17.4 Å². The summed E-state index contributed by atoms with van der Waals surface area (Å²) in [6, 6.07) is 144. The van der Waals surface area contributed by atoms with Crippen molar-refractivity contribution in [3.05, 3.63) is 413 Å². The number of furan rings is 4. The first-order valence-electron chi connectivity index (χ1n) is 43.5. The fraction of sp³-hybridized carbons (Fsp3) is 0. The van der Waals surface area contributed by atoms with Gasteiger partial charge >= 0.3 is 0 Å². The van der Waals surface area contributed by atoms with E-state index in [2.05, 4.69) is 358 Å². The zero-order chi connectivity index (χ0) is 85.2. The van der Waals surface area contributed by atoms with Gasteiger partial charge in [-0.2, -0.15) is 0 Å². The quantitative estimate of drug-likeness (QED) is 0.139. The third-order valence-electron chi connectivity index (χ3n) is 25.6. The van der Waals surface area contributed by atoms with Crippen molar-refractivity contribution >= 4 is 234 Å². The maximum atomic E-state index is 6.76. The number of nitrogens with zero attached hydrogens (tertiary/aromatic N) is 8. The van der Waals surface area contributed by atoms with Crippen LogP contribution >= 0.6 is 22.7 Å². The highest BCUT2D eigenvalue weighted by Crippen LogP contribution is 2.52. The molecule has 0 atom stereocenters. The van der Waals surface area contributed by atoms with E-state index in [1.807, 2.05) is 84.1 Å². The molecule has 0 aliphatic carbocycles. The van der Waals surface area contributed by atoms with E-state index in [0.717, 1.165) is 204 Å². The molecular formula is C116H68N8O4S2. The van der Waals surface area contributed by atoms with Crippen LogP contribution in [0.4, 0.5) is 17.1 Å². The van der Waals surface area contributed by atoms with Gasteiger partial charge in [0.1, 0.15) is 43.9 Å². The van der Waals surface area contributed by atoms with E-state index in [1.165, 1.54) is 41.0 Å². The van der Waals surface area contributed by atoms with Gasteiger partial charge in [-0.1, -0.05) is 273 Å². The molecular weight excluding hydrogens is 1630 g/mol. The lowest BCUT2D eigenvalue weighted by Crippen LogP contribution is -2.10. The lowest BCUT2D eigenvalue weighted by atomic mass is 10.0. The summed E-state index contributed by atoms with van der Waals surface area (Å²) in [5, 5.41) is 19.5. The molecule has 0 amide bonds. The number of anilines is 3. The van der Waals surface area contributed by atoms with Gasteiger partial charge in [0, 0.05) is 145 Å². The molecule has 0 unspecified atom stereocenters. The molecule has 11 heterocycles. The van der Waals surface area contributed by atoms with E-state index in [9.17, 15) is 0 Å². The first kappa shape index (κ1) is 73.3. The predicted molar refractivity (Wildman–Crippen MR) is 539 cm³/mol. The molecule has 0 aliphatic heterocycles. The molecule has 18 aromatic carbocycles. The zero-order valence-corrected chi connectivity index (χ0v) is 70.9. The van der Waals surface area contributed by atoms with Crippen LogP contribution in [0.2, 0.25) is 0 Å². The summed E-state index contributed by atoms with van der Waals surface area (Å²) >= 11 is 3.56. The summed E-state index contributed by atoms with van der Waals surface area (Å²) in [5.74, 6) is 1.30. The van der Waals surface area contributed by atoms with E-state index < -0.39 is 0 Å². The first-order chi connectivity index (χ1) is 64.5. The summed E-state index contributed by atoms with van der Waals surface area (Å²) in [6.07, 6.45) is 0. The van der Waals surface area contributed by atoms with Crippen LogP contribution < -0.4 is 4.90 Å². The van der Waals surface area contributed by atoms with Crippen LogP contribution in [0.5, 0.6) is 0 Å². The summed E-state index contributed by atoms with van der Waals surface area (Å²) in [5.41, 5.74) is 24.2. The van der Waals surface area contributed by atoms with Crippen molar-refractivity contribution in [3.63, 3.8) is 0 Å². The van der Waals surface area contributed by atoms with Crippen LogP contribution in [0, 0.1) is 0 Å². The summed E-state index contributed by atoms with van der Waals surface area (Å²) in [7, 11) is 0. The lowest BCUT2D eigenvalue weighted by molar-refractivity contribution is 0.667. The Labute approximate surface area is 748 Å². The van der Waals surface area contributed by atoms with Crippen molar-refractivity contribution in [3.8, 4) is 51.2 Å². The van der Waals surface area contributed by atoms with Crippen molar-refractivity contribution in [1.29, 1.82) is 0 Å². The number of hydrogen-bond acceptors (Lipinski definition) is 11. The van der Waals surface area contributed by atoms with Crippen LogP contribution in [0.15, 0.2) is 430 Å². The van der Waals surface area contributed by atoms with Crippen molar-refractivity contribution in [2.75, 3.05) is 4.90 Å². The number of para-hydroxylation sites is 9. The second-order valence-corrected chi connectivity index (χ2v) is 35.0. The monoisotopic (exact) mass is 1700 g/mol. The van der Waals surface area contributed by atoms with E-state index in [4.69, 9.17) is 37.6 Å². The highest BCUT2D eigenvalue weighted by atomic mass is 32.1. The van der Waals surface area contributed by atoms with Crippen LogP contribution in [0.1, 0.15) is 0 Å². The Morgan fingerprint density at radius 1 is 0.238 bits per heavy atom. The maximum absolute atomic E-state index is 6.76. The van der Waals surface area contributed by atoms with Gasteiger partial charge in [-0.05, 0) is 140 Å². The van der Waals surface area contributed by atoms with Crippen molar-refractivity contribution in [1.82, 2.24) is 33.6 Å². The van der Waals surface area contributed by atoms with E-state index >= 15 is 0 Å². The fourth-order valence-electron chi connectivity index (χ4n) is 19.9. The Balaban J connectivity index is 0.000000101. The number of benzene rings is 18. The van der Waals surface area contributed by atoms with E-state index in [-0.39, 0.29) is 0 Å².